The van der Waals surface area contributed by atoms with Crippen molar-refractivity contribution in [3.05, 3.63) is 28.2 Å². The zero-order chi connectivity index (χ0) is 12.0. The minimum Gasteiger partial charge on any atom is -0.491 e. The third kappa shape index (κ3) is 3.50. The van der Waals surface area contributed by atoms with E-state index in [1.54, 1.807) is 19.2 Å². The standard InChI is InChI=1S/C11H13BrO4/c1-15-6-3-7-16-10-8(11(13)14)4-2-5-9(10)12/h2,4-5H,3,6-7H2,1H3,(H,13,14). The number of para-hydroxylation sites is 1. The molecule has 0 aliphatic rings. The number of halogens is 1. The molecule has 0 atom stereocenters. The lowest BCUT2D eigenvalue weighted by molar-refractivity contribution is 0.0691. The summed E-state index contributed by atoms with van der Waals surface area (Å²) in [6, 6.07) is 4.92. The lowest BCUT2D eigenvalue weighted by Gasteiger charge is -2.10. The van der Waals surface area contributed by atoms with Gasteiger partial charge in [-0.3, -0.25) is 0 Å². The van der Waals surface area contributed by atoms with Gasteiger partial charge in [0.2, 0.25) is 0 Å². The van der Waals surface area contributed by atoms with E-state index in [4.69, 9.17) is 14.6 Å². The second-order valence-electron chi connectivity index (χ2n) is 3.12. The van der Waals surface area contributed by atoms with Crippen LogP contribution in [-0.4, -0.2) is 31.4 Å². The highest BCUT2D eigenvalue weighted by Gasteiger charge is 2.13. The van der Waals surface area contributed by atoms with Crippen LogP contribution >= 0.6 is 15.9 Å². The highest BCUT2D eigenvalue weighted by atomic mass is 79.9. The Balaban J connectivity index is 2.73. The van der Waals surface area contributed by atoms with Crippen molar-refractivity contribution in [1.29, 1.82) is 0 Å². The molecule has 4 nitrogen and oxygen atoms in total. The Morgan fingerprint density at radius 2 is 2.19 bits per heavy atom. The molecule has 1 aromatic rings. The van der Waals surface area contributed by atoms with Gasteiger partial charge in [0.05, 0.1) is 11.1 Å². The summed E-state index contributed by atoms with van der Waals surface area (Å²) in [7, 11) is 1.61. The largest absolute Gasteiger partial charge is 0.491 e. The lowest BCUT2D eigenvalue weighted by Crippen LogP contribution is -2.06. The number of carboxylic acids is 1. The molecule has 0 heterocycles. The molecule has 0 aliphatic carbocycles. The molecule has 1 rings (SSSR count). The van der Waals surface area contributed by atoms with Gasteiger partial charge in [-0.1, -0.05) is 6.07 Å². The summed E-state index contributed by atoms with van der Waals surface area (Å²) in [5.41, 5.74) is 0.159. The first-order chi connectivity index (χ1) is 7.66. The third-order valence-corrected chi connectivity index (χ3v) is 2.56. The first-order valence-corrected chi connectivity index (χ1v) is 5.59. The minimum absolute atomic E-state index is 0.159. The van der Waals surface area contributed by atoms with Crippen LogP contribution in [0.3, 0.4) is 0 Å². The number of hydrogen-bond acceptors (Lipinski definition) is 3. The van der Waals surface area contributed by atoms with Gasteiger partial charge in [-0.15, -0.1) is 0 Å². The van der Waals surface area contributed by atoms with Gasteiger partial charge in [-0.2, -0.15) is 0 Å². The van der Waals surface area contributed by atoms with Gasteiger partial charge in [0.15, 0.2) is 0 Å². The molecule has 5 heteroatoms. The summed E-state index contributed by atoms with van der Waals surface area (Å²) in [5, 5.41) is 8.97. The molecule has 0 saturated carbocycles. The normalized spacial score (nSPS) is 10.1. The Morgan fingerprint density at radius 1 is 1.44 bits per heavy atom. The van der Waals surface area contributed by atoms with Crippen LogP contribution in [0.4, 0.5) is 0 Å². The number of aromatic carboxylic acids is 1. The van der Waals surface area contributed by atoms with E-state index in [2.05, 4.69) is 15.9 Å². The van der Waals surface area contributed by atoms with Gasteiger partial charge in [0, 0.05) is 20.1 Å². The molecule has 0 amide bonds. The molecule has 1 aromatic carbocycles. The van der Waals surface area contributed by atoms with E-state index in [-0.39, 0.29) is 5.56 Å². The van der Waals surface area contributed by atoms with Crippen molar-refractivity contribution in [2.75, 3.05) is 20.3 Å². The number of carboxylic acid groups (broad SMARTS) is 1. The Hall–Kier alpha value is -1.07. The number of benzene rings is 1. The van der Waals surface area contributed by atoms with Crippen LogP contribution in [0.15, 0.2) is 22.7 Å². The second kappa shape index (κ2) is 6.50. The molecule has 0 fully saturated rings. The average molecular weight is 289 g/mol. The highest BCUT2D eigenvalue weighted by molar-refractivity contribution is 9.10. The summed E-state index contributed by atoms with van der Waals surface area (Å²) < 4.78 is 10.9. The predicted octanol–water partition coefficient (Wildman–Crippen LogP) is 2.56. The summed E-state index contributed by atoms with van der Waals surface area (Å²) in [6.45, 7) is 1.02. The van der Waals surface area contributed by atoms with Gasteiger partial charge < -0.3 is 14.6 Å². The fraction of sp³-hybridized carbons (Fsp3) is 0.364. The van der Waals surface area contributed by atoms with Gasteiger partial charge in [-0.05, 0) is 28.1 Å². The summed E-state index contributed by atoms with van der Waals surface area (Å²) in [4.78, 5) is 10.9. The average Bonchev–Trinajstić information content (AvgIpc) is 2.25. The van der Waals surface area contributed by atoms with Crippen molar-refractivity contribution in [3.63, 3.8) is 0 Å². The summed E-state index contributed by atoms with van der Waals surface area (Å²) in [5.74, 6) is -0.630. The Kier molecular flexibility index (Phi) is 5.28. The van der Waals surface area contributed by atoms with E-state index in [9.17, 15) is 4.79 Å². The topological polar surface area (TPSA) is 55.8 Å². The van der Waals surface area contributed by atoms with Crippen LogP contribution in [0.5, 0.6) is 5.75 Å². The van der Waals surface area contributed by atoms with Crippen molar-refractivity contribution in [2.24, 2.45) is 0 Å². The number of ether oxygens (including phenoxy) is 2. The third-order valence-electron chi connectivity index (χ3n) is 1.94. The Labute approximate surface area is 102 Å². The summed E-state index contributed by atoms with van der Waals surface area (Å²) in [6.07, 6.45) is 0.719. The van der Waals surface area contributed by atoms with E-state index < -0.39 is 5.97 Å². The highest BCUT2D eigenvalue weighted by Crippen LogP contribution is 2.29. The molecule has 0 radical (unpaired) electrons. The first-order valence-electron chi connectivity index (χ1n) is 4.80. The van der Waals surface area contributed by atoms with Crippen molar-refractivity contribution >= 4 is 21.9 Å². The van der Waals surface area contributed by atoms with E-state index in [1.165, 1.54) is 6.07 Å². The second-order valence-corrected chi connectivity index (χ2v) is 3.97. The number of carbonyl (C=O) groups is 1. The Morgan fingerprint density at radius 3 is 2.81 bits per heavy atom. The molecule has 0 aromatic heterocycles. The van der Waals surface area contributed by atoms with E-state index in [1.807, 2.05) is 0 Å². The van der Waals surface area contributed by atoms with Crippen LogP contribution in [0.1, 0.15) is 16.8 Å². The molecular weight excluding hydrogens is 276 g/mol. The van der Waals surface area contributed by atoms with Gasteiger partial charge >= 0.3 is 5.97 Å². The van der Waals surface area contributed by atoms with Crippen molar-refractivity contribution in [3.8, 4) is 5.75 Å². The number of rotatable bonds is 6. The SMILES string of the molecule is COCCCOc1c(Br)cccc1C(=O)O. The molecule has 0 unspecified atom stereocenters. The van der Waals surface area contributed by atoms with Crippen LogP contribution < -0.4 is 4.74 Å². The van der Waals surface area contributed by atoms with Gasteiger partial charge in [-0.25, -0.2) is 4.79 Å². The van der Waals surface area contributed by atoms with Crippen molar-refractivity contribution in [2.45, 2.75) is 6.42 Å². The van der Waals surface area contributed by atoms with E-state index >= 15 is 0 Å². The maximum atomic E-state index is 10.9. The fourth-order valence-electron chi connectivity index (χ4n) is 1.20. The maximum Gasteiger partial charge on any atom is 0.339 e. The maximum absolute atomic E-state index is 10.9. The molecular formula is C11H13BrO4. The zero-order valence-electron chi connectivity index (χ0n) is 8.90. The first kappa shape index (κ1) is 13.0. The van der Waals surface area contributed by atoms with Crippen molar-refractivity contribution < 1.29 is 19.4 Å². The van der Waals surface area contributed by atoms with Gasteiger partial charge in [0.1, 0.15) is 11.3 Å². The molecule has 0 aliphatic heterocycles. The summed E-state index contributed by atoms with van der Waals surface area (Å²) >= 11 is 3.27. The van der Waals surface area contributed by atoms with Crippen molar-refractivity contribution in [1.82, 2.24) is 0 Å². The minimum atomic E-state index is -0.997. The number of methoxy groups -OCH3 is 1. The molecule has 88 valence electrons. The van der Waals surface area contributed by atoms with Gasteiger partial charge in [0.25, 0.3) is 0 Å². The van der Waals surface area contributed by atoms with Crippen LogP contribution in [0.2, 0.25) is 0 Å². The Bertz CT molecular complexity index is 365. The monoisotopic (exact) mass is 288 g/mol. The molecule has 1 N–H and O–H groups in total. The molecule has 0 spiro atoms. The smallest absolute Gasteiger partial charge is 0.339 e. The van der Waals surface area contributed by atoms with Crippen LogP contribution in [0.25, 0.3) is 0 Å². The fourth-order valence-corrected chi connectivity index (χ4v) is 1.68. The number of hydrogen-bond donors (Lipinski definition) is 1. The molecule has 0 saturated heterocycles. The molecule has 0 bridgehead atoms. The molecule has 16 heavy (non-hydrogen) atoms. The van der Waals surface area contributed by atoms with E-state index in [0.717, 1.165) is 6.42 Å². The zero-order valence-corrected chi connectivity index (χ0v) is 10.5. The lowest BCUT2D eigenvalue weighted by atomic mass is 10.2. The predicted molar refractivity (Wildman–Crippen MR) is 63.1 cm³/mol. The quantitative estimate of drug-likeness (QED) is 0.818. The van der Waals surface area contributed by atoms with E-state index in [0.29, 0.717) is 23.4 Å². The van der Waals surface area contributed by atoms with Crippen LogP contribution in [0, 0.1) is 0 Å². The van der Waals surface area contributed by atoms with Crippen LogP contribution in [-0.2, 0) is 4.74 Å².